The molecule has 0 radical (unpaired) electrons. The Labute approximate surface area is 198 Å². The fourth-order valence-corrected chi connectivity index (χ4v) is 5.55. The quantitative estimate of drug-likeness (QED) is 0.600. The van der Waals surface area contributed by atoms with Gasteiger partial charge >= 0.3 is 5.97 Å². The van der Waals surface area contributed by atoms with Crippen molar-refractivity contribution >= 4 is 35.1 Å². The van der Waals surface area contributed by atoms with Gasteiger partial charge in [0, 0.05) is 22.6 Å². The summed E-state index contributed by atoms with van der Waals surface area (Å²) in [5, 5.41) is 10.9. The van der Waals surface area contributed by atoms with E-state index < -0.39 is 11.4 Å². The van der Waals surface area contributed by atoms with Crippen LogP contribution in [0.5, 0.6) is 0 Å². The third-order valence-corrected chi connectivity index (χ3v) is 7.15. The van der Waals surface area contributed by atoms with Crippen LogP contribution in [0, 0.1) is 5.41 Å². The highest BCUT2D eigenvalue weighted by molar-refractivity contribution is 6.30. The number of carbonyl (C=O) groups excluding carboxylic acids is 1. The zero-order valence-corrected chi connectivity index (χ0v) is 19.5. The van der Waals surface area contributed by atoms with E-state index >= 15 is 0 Å². The van der Waals surface area contributed by atoms with E-state index in [4.69, 9.17) is 27.9 Å². The zero-order valence-electron chi connectivity index (χ0n) is 18.0. The molecule has 4 rings (SSSR count). The molecular weight excluding hydrogens is 449 g/mol. The van der Waals surface area contributed by atoms with E-state index in [1.54, 1.807) is 6.92 Å². The summed E-state index contributed by atoms with van der Waals surface area (Å²) in [6.07, 6.45) is 1.87. The average Bonchev–Trinajstić information content (AvgIpc) is 2.76. The number of carbonyl (C=O) groups is 2. The minimum absolute atomic E-state index is 0.118. The van der Waals surface area contributed by atoms with Crippen LogP contribution < -0.4 is 0 Å². The Hall–Kier alpha value is -2.08. The van der Waals surface area contributed by atoms with Gasteiger partial charge in [-0.1, -0.05) is 54.4 Å². The first kappa shape index (κ1) is 23.1. The number of carboxylic acid groups (broad SMARTS) is 1. The van der Waals surface area contributed by atoms with Gasteiger partial charge in [-0.25, -0.2) is 0 Å². The second-order valence-corrected chi connectivity index (χ2v) is 9.95. The fraction of sp³-hybridized carbons (Fsp3) is 0.440. The molecule has 1 unspecified atom stereocenters. The Bertz CT molecular complexity index is 990. The average molecular weight is 476 g/mol. The molecule has 170 valence electrons. The highest BCUT2D eigenvalue weighted by atomic mass is 35.5. The van der Waals surface area contributed by atoms with Crippen molar-refractivity contribution in [1.82, 2.24) is 4.90 Å². The summed E-state index contributed by atoms with van der Waals surface area (Å²) < 4.78 is 5.74. The lowest BCUT2D eigenvalue weighted by molar-refractivity contribution is -0.163. The van der Waals surface area contributed by atoms with Crippen LogP contribution in [0.1, 0.15) is 55.7 Å². The van der Waals surface area contributed by atoms with Crippen molar-refractivity contribution < 1.29 is 19.4 Å². The van der Waals surface area contributed by atoms with Gasteiger partial charge in [0.05, 0.1) is 30.5 Å². The monoisotopic (exact) mass is 475 g/mol. The van der Waals surface area contributed by atoms with Crippen LogP contribution in [0.2, 0.25) is 10.0 Å². The molecule has 1 N–H and O–H groups in total. The Kier molecular flexibility index (Phi) is 6.80. The van der Waals surface area contributed by atoms with Crippen LogP contribution in [0.3, 0.4) is 0 Å². The van der Waals surface area contributed by atoms with Gasteiger partial charge in [0.15, 0.2) is 0 Å². The minimum atomic E-state index is -1.03. The molecule has 1 amide bonds. The second-order valence-electron chi connectivity index (χ2n) is 9.08. The predicted molar refractivity (Wildman–Crippen MR) is 124 cm³/mol. The predicted octanol–water partition coefficient (Wildman–Crippen LogP) is 5.71. The summed E-state index contributed by atoms with van der Waals surface area (Å²) in [6, 6.07) is 14.8. The van der Waals surface area contributed by atoms with Crippen molar-refractivity contribution in [2.45, 2.75) is 50.6 Å². The summed E-state index contributed by atoms with van der Waals surface area (Å²) in [6.45, 7) is 2.89. The van der Waals surface area contributed by atoms with E-state index in [9.17, 15) is 14.7 Å². The number of benzene rings is 2. The van der Waals surface area contributed by atoms with Crippen LogP contribution >= 0.6 is 23.2 Å². The number of ether oxygens (including phenoxy) is 1. The molecule has 2 aliphatic heterocycles. The number of halogens is 2. The maximum Gasteiger partial charge on any atom is 0.304 e. The van der Waals surface area contributed by atoms with Crippen molar-refractivity contribution in [3.8, 4) is 0 Å². The van der Waals surface area contributed by atoms with Crippen LogP contribution in [0.4, 0.5) is 0 Å². The summed E-state index contributed by atoms with van der Waals surface area (Å²) in [5.41, 5.74) is 0.929. The molecule has 32 heavy (non-hydrogen) atoms. The number of carboxylic acids is 1. The van der Waals surface area contributed by atoms with Crippen LogP contribution in [-0.2, 0) is 14.3 Å². The van der Waals surface area contributed by atoms with Crippen LogP contribution in [0.15, 0.2) is 48.5 Å². The van der Waals surface area contributed by atoms with Gasteiger partial charge in [0.25, 0.3) is 0 Å². The first-order valence-electron chi connectivity index (χ1n) is 10.9. The first-order valence-corrected chi connectivity index (χ1v) is 11.7. The molecule has 7 heteroatoms. The lowest BCUT2D eigenvalue weighted by Crippen LogP contribution is -2.57. The third-order valence-electron chi connectivity index (χ3n) is 6.66. The molecule has 0 aromatic heterocycles. The number of hydrogen-bond donors (Lipinski definition) is 1. The van der Waals surface area contributed by atoms with E-state index in [1.165, 1.54) is 0 Å². The standard InChI is InChI=1S/C25H27Cl2NO4/c1-25(14-22(29)30)13-21(17-4-2-5-19(27)12-17)23(16-7-9-18(26)10-8-16)28(24(25)31)20-6-3-11-32-15-20/h2,4-5,7-10,12,20-21,23H,3,6,11,13-15H2,1H3,(H,29,30)/t20-,21?,23-,25-/m1/s1. The molecule has 0 saturated carbocycles. The minimum Gasteiger partial charge on any atom is -0.481 e. The lowest BCUT2D eigenvalue weighted by Gasteiger charge is -2.52. The zero-order chi connectivity index (χ0) is 22.9. The second kappa shape index (κ2) is 9.42. The number of rotatable bonds is 5. The molecule has 5 nitrogen and oxygen atoms in total. The summed E-state index contributed by atoms with van der Waals surface area (Å²) in [4.78, 5) is 27.6. The molecule has 0 bridgehead atoms. The molecule has 2 fully saturated rings. The van der Waals surface area contributed by atoms with Crippen LogP contribution in [-0.4, -0.2) is 41.1 Å². The lowest BCUT2D eigenvalue weighted by atomic mass is 9.67. The SMILES string of the molecule is C[C@]1(CC(=O)O)CC(c2cccc(Cl)c2)[C@@H](c2ccc(Cl)cc2)N([C@@H]2CCCOC2)C1=O. The molecule has 2 saturated heterocycles. The number of hydrogen-bond acceptors (Lipinski definition) is 3. The van der Waals surface area contributed by atoms with E-state index in [2.05, 4.69) is 0 Å². The molecule has 4 atom stereocenters. The Morgan fingerprint density at radius 2 is 1.91 bits per heavy atom. The van der Waals surface area contributed by atoms with Gasteiger partial charge in [-0.3, -0.25) is 9.59 Å². The van der Waals surface area contributed by atoms with E-state index in [-0.39, 0.29) is 30.3 Å². The summed E-state index contributed by atoms with van der Waals surface area (Å²) in [7, 11) is 0. The van der Waals surface area contributed by atoms with E-state index in [0.29, 0.717) is 29.7 Å². The Morgan fingerprint density at radius 3 is 2.53 bits per heavy atom. The number of aliphatic carboxylic acids is 1. The molecular formula is C25H27Cl2NO4. The maximum atomic E-state index is 13.9. The molecule has 2 aromatic carbocycles. The van der Waals surface area contributed by atoms with Gasteiger partial charge in [-0.15, -0.1) is 0 Å². The van der Waals surface area contributed by atoms with Gasteiger partial charge in [-0.05, 0) is 54.7 Å². The van der Waals surface area contributed by atoms with Crippen molar-refractivity contribution in [3.63, 3.8) is 0 Å². The molecule has 0 aliphatic carbocycles. The Balaban J connectivity index is 1.87. The number of likely N-dealkylation sites (tertiary alicyclic amines) is 1. The van der Waals surface area contributed by atoms with Crippen LogP contribution in [0.25, 0.3) is 0 Å². The fourth-order valence-electron chi connectivity index (χ4n) is 5.22. The highest BCUT2D eigenvalue weighted by Crippen LogP contribution is 2.52. The van der Waals surface area contributed by atoms with Crippen molar-refractivity contribution in [2.75, 3.05) is 13.2 Å². The molecule has 2 heterocycles. The molecule has 2 aliphatic rings. The first-order chi connectivity index (χ1) is 15.3. The van der Waals surface area contributed by atoms with Crippen molar-refractivity contribution in [1.29, 1.82) is 0 Å². The van der Waals surface area contributed by atoms with E-state index in [1.807, 2.05) is 53.4 Å². The highest BCUT2D eigenvalue weighted by Gasteiger charge is 2.52. The molecule has 2 aromatic rings. The maximum absolute atomic E-state index is 13.9. The van der Waals surface area contributed by atoms with E-state index in [0.717, 1.165) is 24.0 Å². The van der Waals surface area contributed by atoms with Gasteiger partial charge in [0.2, 0.25) is 5.91 Å². The number of piperidine rings is 1. The van der Waals surface area contributed by atoms with Gasteiger partial charge in [0.1, 0.15) is 0 Å². The van der Waals surface area contributed by atoms with Crippen molar-refractivity contribution in [3.05, 3.63) is 69.7 Å². The molecule has 0 spiro atoms. The van der Waals surface area contributed by atoms with Crippen molar-refractivity contribution in [2.24, 2.45) is 5.41 Å². The van der Waals surface area contributed by atoms with Gasteiger partial charge in [-0.2, -0.15) is 0 Å². The largest absolute Gasteiger partial charge is 0.481 e. The number of amides is 1. The summed E-state index contributed by atoms with van der Waals surface area (Å²) >= 11 is 12.5. The topological polar surface area (TPSA) is 66.8 Å². The normalized spacial score (nSPS) is 28.5. The summed E-state index contributed by atoms with van der Waals surface area (Å²) in [5.74, 6) is -1.23. The van der Waals surface area contributed by atoms with Gasteiger partial charge < -0.3 is 14.7 Å². The Morgan fingerprint density at radius 1 is 1.16 bits per heavy atom. The third kappa shape index (κ3) is 4.66. The number of nitrogens with zero attached hydrogens (tertiary/aromatic N) is 1. The smallest absolute Gasteiger partial charge is 0.304 e.